The van der Waals surface area contributed by atoms with Crippen LogP contribution in [0.2, 0.25) is 0 Å². The van der Waals surface area contributed by atoms with Crippen LogP contribution in [0.1, 0.15) is 37.4 Å². The van der Waals surface area contributed by atoms with Crippen LogP contribution < -0.4 is 5.32 Å². The van der Waals surface area contributed by atoms with E-state index in [9.17, 15) is 0 Å². The standard InChI is InChI=1S/C14H24N2OS/c1-4-5-6-7-17-10-13-11-18-14(16-13)9-15-8-12(2)3/h4,11-12,15H,1,5-10H2,2-3H3. The Balaban J connectivity index is 2.15. The molecule has 0 atom stereocenters. The average Bonchev–Trinajstić information content (AvgIpc) is 2.76. The molecule has 0 aliphatic heterocycles. The first kappa shape index (κ1) is 15.3. The van der Waals surface area contributed by atoms with Crippen molar-refractivity contribution in [2.75, 3.05) is 13.2 Å². The molecule has 0 bridgehead atoms. The number of aromatic nitrogens is 1. The normalized spacial score (nSPS) is 11.1. The highest BCUT2D eigenvalue weighted by molar-refractivity contribution is 7.09. The van der Waals surface area contributed by atoms with E-state index < -0.39 is 0 Å². The lowest BCUT2D eigenvalue weighted by Crippen LogP contribution is -2.18. The van der Waals surface area contributed by atoms with E-state index in [-0.39, 0.29) is 0 Å². The summed E-state index contributed by atoms with van der Waals surface area (Å²) in [5.74, 6) is 0.678. The average molecular weight is 268 g/mol. The summed E-state index contributed by atoms with van der Waals surface area (Å²) in [4.78, 5) is 4.54. The second-order valence-corrected chi connectivity index (χ2v) is 5.68. The smallest absolute Gasteiger partial charge is 0.107 e. The van der Waals surface area contributed by atoms with Crippen molar-refractivity contribution < 1.29 is 4.74 Å². The van der Waals surface area contributed by atoms with Crippen LogP contribution in [0, 0.1) is 5.92 Å². The van der Waals surface area contributed by atoms with Crippen molar-refractivity contribution in [1.29, 1.82) is 0 Å². The van der Waals surface area contributed by atoms with Crippen LogP contribution >= 0.6 is 11.3 Å². The SMILES string of the molecule is C=CCCCOCc1csc(CNCC(C)C)n1. The topological polar surface area (TPSA) is 34.1 Å². The van der Waals surface area contributed by atoms with Crippen molar-refractivity contribution >= 4 is 11.3 Å². The molecule has 1 aromatic rings. The van der Waals surface area contributed by atoms with Gasteiger partial charge in [0.2, 0.25) is 0 Å². The molecule has 0 saturated heterocycles. The molecule has 1 aromatic heterocycles. The molecule has 102 valence electrons. The summed E-state index contributed by atoms with van der Waals surface area (Å²) in [5.41, 5.74) is 1.04. The first-order valence-corrected chi connectivity index (χ1v) is 7.43. The fourth-order valence-corrected chi connectivity index (χ4v) is 2.22. The van der Waals surface area contributed by atoms with Gasteiger partial charge < -0.3 is 10.1 Å². The third-order valence-electron chi connectivity index (χ3n) is 2.37. The van der Waals surface area contributed by atoms with Crippen molar-refractivity contribution in [1.82, 2.24) is 10.3 Å². The number of nitrogens with zero attached hydrogens (tertiary/aromatic N) is 1. The number of unbranched alkanes of at least 4 members (excludes halogenated alkanes) is 1. The van der Waals surface area contributed by atoms with Gasteiger partial charge in [-0.1, -0.05) is 19.9 Å². The maximum Gasteiger partial charge on any atom is 0.107 e. The number of hydrogen-bond acceptors (Lipinski definition) is 4. The van der Waals surface area contributed by atoms with Gasteiger partial charge in [-0.15, -0.1) is 17.9 Å². The largest absolute Gasteiger partial charge is 0.375 e. The van der Waals surface area contributed by atoms with E-state index in [2.05, 4.69) is 36.1 Å². The Morgan fingerprint density at radius 2 is 2.39 bits per heavy atom. The number of allylic oxidation sites excluding steroid dienone is 1. The molecule has 0 spiro atoms. The minimum atomic E-state index is 0.623. The first-order chi connectivity index (χ1) is 8.72. The molecular formula is C14H24N2OS. The Morgan fingerprint density at radius 1 is 1.56 bits per heavy atom. The maximum absolute atomic E-state index is 5.55. The van der Waals surface area contributed by atoms with Crippen LogP contribution in [0.4, 0.5) is 0 Å². The number of nitrogens with one attached hydrogen (secondary N) is 1. The molecule has 0 aromatic carbocycles. The summed E-state index contributed by atoms with van der Waals surface area (Å²) in [6, 6.07) is 0. The van der Waals surface area contributed by atoms with Gasteiger partial charge in [0.15, 0.2) is 0 Å². The van der Waals surface area contributed by atoms with Crippen molar-refractivity contribution in [2.24, 2.45) is 5.92 Å². The molecule has 0 radical (unpaired) electrons. The number of thiazole rings is 1. The molecule has 4 heteroatoms. The zero-order chi connectivity index (χ0) is 13.2. The summed E-state index contributed by atoms with van der Waals surface area (Å²) >= 11 is 1.70. The second kappa shape index (κ2) is 9.25. The van der Waals surface area contributed by atoms with Crippen LogP contribution in [0.3, 0.4) is 0 Å². The summed E-state index contributed by atoms with van der Waals surface area (Å²) in [6.07, 6.45) is 3.97. The van der Waals surface area contributed by atoms with Crippen LogP contribution in [0.25, 0.3) is 0 Å². The molecule has 0 aliphatic carbocycles. The van der Waals surface area contributed by atoms with Crippen LogP contribution in [0.5, 0.6) is 0 Å². The molecule has 1 N–H and O–H groups in total. The van der Waals surface area contributed by atoms with E-state index in [1.165, 1.54) is 0 Å². The third kappa shape index (κ3) is 6.89. The predicted molar refractivity (Wildman–Crippen MR) is 77.7 cm³/mol. The van der Waals surface area contributed by atoms with Crippen LogP contribution in [-0.2, 0) is 17.9 Å². The maximum atomic E-state index is 5.55. The molecule has 0 fully saturated rings. The summed E-state index contributed by atoms with van der Waals surface area (Å²) in [7, 11) is 0. The van der Waals surface area contributed by atoms with E-state index in [1.807, 2.05) is 6.08 Å². The molecule has 0 saturated carbocycles. The van der Waals surface area contributed by atoms with Crippen LogP contribution in [-0.4, -0.2) is 18.1 Å². The highest BCUT2D eigenvalue weighted by Gasteiger charge is 2.02. The van der Waals surface area contributed by atoms with E-state index >= 15 is 0 Å². The van der Waals surface area contributed by atoms with Gasteiger partial charge in [-0.25, -0.2) is 4.98 Å². The van der Waals surface area contributed by atoms with E-state index in [0.717, 1.165) is 43.2 Å². The van der Waals surface area contributed by atoms with Gasteiger partial charge in [-0.2, -0.15) is 0 Å². The number of rotatable bonds is 10. The monoisotopic (exact) mass is 268 g/mol. The quantitative estimate of drug-likeness (QED) is 0.522. The summed E-state index contributed by atoms with van der Waals surface area (Å²) < 4.78 is 5.55. The van der Waals surface area contributed by atoms with E-state index in [1.54, 1.807) is 11.3 Å². The fraction of sp³-hybridized carbons (Fsp3) is 0.643. The Morgan fingerprint density at radius 3 is 3.11 bits per heavy atom. The van der Waals surface area contributed by atoms with Gasteiger partial charge in [0, 0.05) is 18.5 Å². The molecule has 1 rings (SSSR count). The zero-order valence-electron chi connectivity index (χ0n) is 11.4. The van der Waals surface area contributed by atoms with Gasteiger partial charge >= 0.3 is 0 Å². The lowest BCUT2D eigenvalue weighted by atomic mass is 10.2. The highest BCUT2D eigenvalue weighted by Crippen LogP contribution is 2.10. The molecule has 3 nitrogen and oxygen atoms in total. The molecule has 18 heavy (non-hydrogen) atoms. The fourth-order valence-electron chi connectivity index (χ4n) is 1.47. The van der Waals surface area contributed by atoms with Crippen molar-refractivity contribution in [3.63, 3.8) is 0 Å². The van der Waals surface area contributed by atoms with Gasteiger partial charge in [0.05, 0.1) is 12.3 Å². The third-order valence-corrected chi connectivity index (χ3v) is 3.27. The summed E-state index contributed by atoms with van der Waals surface area (Å²) in [6.45, 7) is 11.4. The zero-order valence-corrected chi connectivity index (χ0v) is 12.3. The lowest BCUT2D eigenvalue weighted by molar-refractivity contribution is 0.117. The minimum Gasteiger partial charge on any atom is -0.375 e. The van der Waals surface area contributed by atoms with Crippen molar-refractivity contribution in [3.05, 3.63) is 28.7 Å². The van der Waals surface area contributed by atoms with Gasteiger partial charge in [0.1, 0.15) is 5.01 Å². The number of hydrogen-bond donors (Lipinski definition) is 1. The molecule has 0 amide bonds. The van der Waals surface area contributed by atoms with E-state index in [0.29, 0.717) is 12.5 Å². The van der Waals surface area contributed by atoms with Gasteiger partial charge in [-0.05, 0) is 25.3 Å². The second-order valence-electron chi connectivity index (χ2n) is 4.74. The highest BCUT2D eigenvalue weighted by atomic mass is 32.1. The Hall–Kier alpha value is -0.710. The van der Waals surface area contributed by atoms with Crippen molar-refractivity contribution in [2.45, 2.75) is 39.8 Å². The predicted octanol–water partition coefficient (Wildman–Crippen LogP) is 3.37. The minimum absolute atomic E-state index is 0.623. The van der Waals surface area contributed by atoms with Crippen LogP contribution in [0.15, 0.2) is 18.0 Å². The molecule has 0 aliphatic rings. The first-order valence-electron chi connectivity index (χ1n) is 6.55. The molecule has 1 heterocycles. The van der Waals surface area contributed by atoms with Crippen molar-refractivity contribution in [3.8, 4) is 0 Å². The molecular weight excluding hydrogens is 244 g/mol. The Labute approximate surface area is 114 Å². The lowest BCUT2D eigenvalue weighted by Gasteiger charge is -2.04. The number of ether oxygens (including phenoxy) is 1. The Bertz CT molecular complexity index is 336. The van der Waals surface area contributed by atoms with Gasteiger partial charge in [-0.3, -0.25) is 0 Å². The van der Waals surface area contributed by atoms with E-state index in [4.69, 9.17) is 4.74 Å². The van der Waals surface area contributed by atoms with Gasteiger partial charge in [0.25, 0.3) is 0 Å². The Kier molecular flexibility index (Phi) is 7.89. The summed E-state index contributed by atoms with van der Waals surface area (Å²) in [5, 5.41) is 6.62. The molecule has 0 unspecified atom stereocenters.